The number of hydrogen-bond donors (Lipinski definition) is 1. The van der Waals surface area contributed by atoms with E-state index in [2.05, 4.69) is 21.7 Å². The summed E-state index contributed by atoms with van der Waals surface area (Å²) in [5, 5.41) is 0. The van der Waals surface area contributed by atoms with Crippen LogP contribution in [0.25, 0.3) is 0 Å². The topological polar surface area (TPSA) is 62.5 Å². The van der Waals surface area contributed by atoms with Gasteiger partial charge in [0.15, 0.2) is 0 Å². The fourth-order valence-corrected chi connectivity index (χ4v) is 2.26. The molecule has 1 saturated heterocycles. The Morgan fingerprint density at radius 3 is 2.90 bits per heavy atom. The molecule has 106 valence electrons. The van der Waals surface area contributed by atoms with Crippen LogP contribution in [0.4, 0.5) is 0 Å². The maximum Gasteiger partial charge on any atom is 0.272 e. The zero-order valence-electron chi connectivity index (χ0n) is 12.0. The molecule has 5 nitrogen and oxygen atoms in total. The summed E-state index contributed by atoms with van der Waals surface area (Å²) in [6.45, 7) is 1.88. The predicted molar refractivity (Wildman–Crippen MR) is 78.2 cm³/mol. The third-order valence-corrected chi connectivity index (χ3v) is 3.50. The normalized spacial score (nSPS) is 18.0. The molecule has 1 aromatic heterocycles. The molecule has 0 saturated carbocycles. The largest absolute Gasteiger partial charge is 0.336 e. The summed E-state index contributed by atoms with van der Waals surface area (Å²) >= 11 is 0. The van der Waals surface area contributed by atoms with E-state index in [1.807, 2.05) is 25.1 Å². The second-order valence-corrected chi connectivity index (χ2v) is 5.10. The second kappa shape index (κ2) is 6.51. The van der Waals surface area contributed by atoms with Crippen molar-refractivity contribution in [3.63, 3.8) is 0 Å². The average Bonchev–Trinajstić information content (AvgIpc) is 2.95. The molecule has 1 aliphatic heterocycles. The maximum atomic E-state index is 12.3. The van der Waals surface area contributed by atoms with Gasteiger partial charge in [-0.1, -0.05) is 11.8 Å². The van der Waals surface area contributed by atoms with Crippen molar-refractivity contribution in [2.75, 3.05) is 33.7 Å². The quantitative estimate of drug-likeness (QED) is 0.780. The van der Waals surface area contributed by atoms with Crippen molar-refractivity contribution in [2.45, 2.75) is 12.5 Å². The smallest absolute Gasteiger partial charge is 0.272 e. The van der Waals surface area contributed by atoms with Gasteiger partial charge in [0.1, 0.15) is 5.69 Å². The van der Waals surface area contributed by atoms with Crippen LogP contribution in [0.15, 0.2) is 18.3 Å². The molecule has 0 aromatic carbocycles. The Bertz CT molecular complexity index is 527. The van der Waals surface area contributed by atoms with Crippen molar-refractivity contribution in [1.29, 1.82) is 0 Å². The fraction of sp³-hybridized carbons (Fsp3) is 0.467. The maximum absolute atomic E-state index is 12.3. The molecule has 0 radical (unpaired) electrons. The highest BCUT2D eigenvalue weighted by Gasteiger charge is 2.28. The van der Waals surface area contributed by atoms with E-state index in [1.54, 1.807) is 12.3 Å². The molecule has 2 rings (SSSR count). The first-order valence-electron chi connectivity index (χ1n) is 6.72. The minimum Gasteiger partial charge on any atom is -0.336 e. The number of aromatic nitrogens is 1. The van der Waals surface area contributed by atoms with Crippen LogP contribution >= 0.6 is 0 Å². The third kappa shape index (κ3) is 3.35. The summed E-state index contributed by atoms with van der Waals surface area (Å²) in [6, 6.07) is 3.97. The van der Waals surface area contributed by atoms with E-state index >= 15 is 0 Å². The highest BCUT2D eigenvalue weighted by atomic mass is 16.2. The molecular formula is C15H20N4O. The first-order chi connectivity index (χ1) is 9.61. The standard InChI is InChI=1S/C15H20N4O/c1-18(2)13-7-9-19(11-13)15(20)14-6-5-12(10-17-14)4-3-8-16/h5-6,10,13H,7-9,11,16H2,1-2H3. The Balaban J connectivity index is 2.03. The third-order valence-electron chi connectivity index (χ3n) is 3.50. The Morgan fingerprint density at radius 2 is 2.35 bits per heavy atom. The van der Waals surface area contributed by atoms with Crippen molar-refractivity contribution >= 4 is 5.91 Å². The second-order valence-electron chi connectivity index (χ2n) is 5.10. The zero-order chi connectivity index (χ0) is 14.5. The summed E-state index contributed by atoms with van der Waals surface area (Å²) in [4.78, 5) is 20.5. The van der Waals surface area contributed by atoms with Crippen molar-refractivity contribution in [3.05, 3.63) is 29.6 Å². The molecule has 0 bridgehead atoms. The molecule has 1 fully saturated rings. The average molecular weight is 272 g/mol. The van der Waals surface area contributed by atoms with Gasteiger partial charge in [-0.05, 0) is 32.6 Å². The first-order valence-corrected chi connectivity index (χ1v) is 6.72. The molecule has 0 aliphatic carbocycles. The van der Waals surface area contributed by atoms with Gasteiger partial charge in [0.25, 0.3) is 5.91 Å². The minimum absolute atomic E-state index is 0.00677. The Hall–Kier alpha value is -1.90. The number of pyridine rings is 1. The molecule has 5 heteroatoms. The van der Waals surface area contributed by atoms with E-state index in [1.165, 1.54) is 0 Å². The van der Waals surface area contributed by atoms with Gasteiger partial charge in [-0.15, -0.1) is 0 Å². The molecule has 1 aliphatic rings. The molecule has 1 amide bonds. The summed E-state index contributed by atoms with van der Waals surface area (Å²) in [5.74, 6) is 5.65. The van der Waals surface area contributed by atoms with Gasteiger partial charge in [-0.3, -0.25) is 4.79 Å². The Morgan fingerprint density at radius 1 is 1.55 bits per heavy atom. The van der Waals surface area contributed by atoms with Crippen LogP contribution in [0, 0.1) is 11.8 Å². The van der Waals surface area contributed by atoms with Crippen molar-refractivity contribution in [3.8, 4) is 11.8 Å². The summed E-state index contributed by atoms with van der Waals surface area (Å²) in [6.07, 6.45) is 2.63. The number of likely N-dealkylation sites (tertiary alicyclic amines) is 1. The van der Waals surface area contributed by atoms with Crippen molar-refractivity contribution in [1.82, 2.24) is 14.8 Å². The molecule has 1 aromatic rings. The highest BCUT2D eigenvalue weighted by molar-refractivity contribution is 5.92. The summed E-state index contributed by atoms with van der Waals surface area (Å²) in [7, 11) is 4.09. The SMILES string of the molecule is CN(C)C1CCN(C(=O)c2ccc(C#CCN)cn2)C1. The lowest BCUT2D eigenvalue weighted by Crippen LogP contribution is -2.34. The predicted octanol–water partition coefficient (Wildman–Crippen LogP) is 0.168. The number of hydrogen-bond acceptors (Lipinski definition) is 4. The molecule has 2 heterocycles. The van der Waals surface area contributed by atoms with Crippen molar-refractivity contribution in [2.24, 2.45) is 5.73 Å². The lowest BCUT2D eigenvalue weighted by Gasteiger charge is -2.20. The van der Waals surface area contributed by atoms with Gasteiger partial charge in [-0.25, -0.2) is 4.98 Å². The zero-order valence-corrected chi connectivity index (χ0v) is 12.0. The van der Waals surface area contributed by atoms with Crippen LogP contribution in [-0.2, 0) is 0 Å². The van der Waals surface area contributed by atoms with Crippen LogP contribution in [0.1, 0.15) is 22.5 Å². The highest BCUT2D eigenvalue weighted by Crippen LogP contribution is 2.15. The van der Waals surface area contributed by atoms with Gasteiger partial charge in [-0.2, -0.15) is 0 Å². The van der Waals surface area contributed by atoms with Crippen LogP contribution < -0.4 is 5.73 Å². The van der Waals surface area contributed by atoms with Crippen molar-refractivity contribution < 1.29 is 4.79 Å². The summed E-state index contributed by atoms with van der Waals surface area (Å²) in [5.41, 5.74) is 6.57. The number of carbonyl (C=O) groups excluding carboxylic acids is 1. The molecule has 0 spiro atoms. The summed E-state index contributed by atoms with van der Waals surface area (Å²) < 4.78 is 0. The van der Waals surface area contributed by atoms with Gasteiger partial charge < -0.3 is 15.5 Å². The van der Waals surface area contributed by atoms with E-state index in [9.17, 15) is 4.79 Å². The van der Waals surface area contributed by atoms with Crippen LogP contribution in [-0.4, -0.2) is 60.5 Å². The monoisotopic (exact) mass is 272 g/mol. The van der Waals surface area contributed by atoms with E-state index in [0.29, 0.717) is 18.3 Å². The van der Waals surface area contributed by atoms with Gasteiger partial charge >= 0.3 is 0 Å². The van der Waals surface area contributed by atoms with E-state index < -0.39 is 0 Å². The number of carbonyl (C=O) groups is 1. The lowest BCUT2D eigenvalue weighted by molar-refractivity contribution is 0.0777. The number of rotatable bonds is 2. The Kier molecular flexibility index (Phi) is 4.72. The molecular weight excluding hydrogens is 252 g/mol. The van der Waals surface area contributed by atoms with Gasteiger partial charge in [0.05, 0.1) is 6.54 Å². The molecule has 20 heavy (non-hydrogen) atoms. The van der Waals surface area contributed by atoms with Gasteiger partial charge in [0, 0.05) is 30.9 Å². The van der Waals surface area contributed by atoms with Crippen LogP contribution in [0.3, 0.4) is 0 Å². The number of likely N-dealkylation sites (N-methyl/N-ethyl adjacent to an activating group) is 1. The fourth-order valence-electron chi connectivity index (χ4n) is 2.26. The van der Waals surface area contributed by atoms with Crippen LogP contribution in [0.2, 0.25) is 0 Å². The molecule has 1 unspecified atom stereocenters. The minimum atomic E-state index is -0.00677. The molecule has 1 atom stereocenters. The number of amides is 1. The lowest BCUT2D eigenvalue weighted by atomic mass is 10.2. The van der Waals surface area contributed by atoms with Gasteiger partial charge in [0.2, 0.25) is 0 Å². The first kappa shape index (κ1) is 14.5. The van der Waals surface area contributed by atoms with E-state index in [-0.39, 0.29) is 5.91 Å². The number of nitrogens with two attached hydrogens (primary N) is 1. The Labute approximate surface area is 119 Å². The number of nitrogens with zero attached hydrogens (tertiary/aromatic N) is 3. The molecule has 2 N–H and O–H groups in total. The van der Waals surface area contributed by atoms with Crippen LogP contribution in [0.5, 0.6) is 0 Å². The van der Waals surface area contributed by atoms with E-state index in [4.69, 9.17) is 5.73 Å². The van der Waals surface area contributed by atoms with E-state index in [0.717, 1.165) is 25.1 Å².